The fourth-order valence-electron chi connectivity index (χ4n) is 4.55. The summed E-state index contributed by atoms with van der Waals surface area (Å²) in [6.45, 7) is 5.38. The Labute approximate surface area is 142 Å². The van der Waals surface area contributed by atoms with Gasteiger partial charge in [0.25, 0.3) is 0 Å². The van der Waals surface area contributed by atoms with Gasteiger partial charge in [-0.2, -0.15) is 0 Å². The highest BCUT2D eigenvalue weighted by Crippen LogP contribution is 2.61. The van der Waals surface area contributed by atoms with Crippen LogP contribution in [0.3, 0.4) is 0 Å². The lowest BCUT2D eigenvalue weighted by atomic mass is 9.48. The largest absolute Gasteiger partial charge is 0.474 e. The molecule has 0 amide bonds. The van der Waals surface area contributed by atoms with Crippen LogP contribution in [-0.4, -0.2) is 17.5 Å². The Kier molecular flexibility index (Phi) is 2.91. The molecule has 2 aromatic rings. The van der Waals surface area contributed by atoms with Gasteiger partial charge >= 0.3 is 0 Å². The number of aromatic nitrogens is 1. The number of ether oxygens (including phenoxy) is 1. The highest BCUT2D eigenvalue weighted by atomic mass is 16.5. The fraction of sp³-hybridized carbons (Fsp3) is 0.429. The summed E-state index contributed by atoms with van der Waals surface area (Å²) in [5.74, 6) is 2.12. The predicted molar refractivity (Wildman–Crippen MR) is 94.2 cm³/mol. The first-order valence-corrected chi connectivity index (χ1v) is 8.88. The second-order valence-electron chi connectivity index (χ2n) is 7.92. The molecule has 24 heavy (non-hydrogen) atoms. The molecule has 3 atom stereocenters. The predicted octanol–water partition coefficient (Wildman–Crippen LogP) is 4.29. The molecule has 1 aromatic heterocycles. The summed E-state index contributed by atoms with van der Waals surface area (Å²) < 4.78 is 5.88. The minimum absolute atomic E-state index is 0.0866. The molecule has 1 saturated carbocycles. The van der Waals surface area contributed by atoms with Crippen LogP contribution in [0.4, 0.5) is 0 Å². The van der Waals surface area contributed by atoms with E-state index < -0.39 is 0 Å². The van der Waals surface area contributed by atoms with E-state index in [2.05, 4.69) is 50.2 Å². The lowest BCUT2D eigenvalue weighted by molar-refractivity contribution is 0.0154. The zero-order valence-corrected chi connectivity index (χ0v) is 14.2. The van der Waals surface area contributed by atoms with Gasteiger partial charge in [-0.3, -0.25) is 0 Å². The maximum absolute atomic E-state index is 5.88. The van der Waals surface area contributed by atoms with Crippen LogP contribution in [0, 0.1) is 11.3 Å². The van der Waals surface area contributed by atoms with E-state index in [4.69, 9.17) is 14.7 Å². The van der Waals surface area contributed by atoms with Crippen molar-refractivity contribution in [1.82, 2.24) is 4.98 Å². The summed E-state index contributed by atoms with van der Waals surface area (Å²) in [6.07, 6.45) is 2.46. The SMILES string of the molecule is CC1(C)[C@H]2Cc3ccc(C4=N[C@@H](c5ccccc5)CO4)nc3[C@@H]1C2. The highest BCUT2D eigenvalue weighted by Gasteiger charge is 2.53. The number of hydrogen-bond acceptors (Lipinski definition) is 3. The molecule has 1 aromatic carbocycles. The minimum atomic E-state index is 0.0866. The van der Waals surface area contributed by atoms with E-state index >= 15 is 0 Å². The van der Waals surface area contributed by atoms with E-state index in [1.165, 1.54) is 29.7 Å². The maximum Gasteiger partial charge on any atom is 0.236 e. The summed E-state index contributed by atoms with van der Waals surface area (Å²) in [7, 11) is 0. The maximum atomic E-state index is 5.88. The third-order valence-electron chi connectivity index (χ3n) is 6.33. The zero-order chi connectivity index (χ0) is 16.3. The monoisotopic (exact) mass is 318 g/mol. The summed E-state index contributed by atoms with van der Waals surface area (Å²) >= 11 is 0. The Morgan fingerprint density at radius 1 is 1.08 bits per heavy atom. The molecule has 6 rings (SSSR count). The van der Waals surface area contributed by atoms with Crippen molar-refractivity contribution < 1.29 is 4.74 Å². The van der Waals surface area contributed by atoms with Crippen molar-refractivity contribution in [3.8, 4) is 0 Å². The number of hydrogen-bond donors (Lipinski definition) is 0. The molecule has 2 bridgehead atoms. The van der Waals surface area contributed by atoms with Crippen molar-refractivity contribution >= 4 is 5.90 Å². The van der Waals surface area contributed by atoms with Gasteiger partial charge in [-0.05, 0) is 41.4 Å². The Bertz CT molecular complexity index is 825. The molecule has 2 heterocycles. The van der Waals surface area contributed by atoms with Crippen LogP contribution in [0.1, 0.15) is 54.7 Å². The molecule has 0 saturated heterocycles. The molecule has 0 radical (unpaired) electrons. The van der Waals surface area contributed by atoms with E-state index in [0.29, 0.717) is 23.8 Å². The summed E-state index contributed by atoms with van der Waals surface area (Å²) in [6, 6.07) is 14.8. The van der Waals surface area contributed by atoms with Gasteiger partial charge < -0.3 is 4.74 Å². The fourth-order valence-corrected chi connectivity index (χ4v) is 4.55. The first-order valence-electron chi connectivity index (χ1n) is 8.88. The van der Waals surface area contributed by atoms with E-state index in [0.717, 1.165) is 11.6 Å². The average molecular weight is 318 g/mol. The normalized spacial score (nSPS) is 29.2. The number of rotatable bonds is 2. The van der Waals surface area contributed by atoms with E-state index in [-0.39, 0.29) is 6.04 Å². The second-order valence-corrected chi connectivity index (χ2v) is 7.92. The van der Waals surface area contributed by atoms with Gasteiger partial charge in [-0.1, -0.05) is 50.2 Å². The first-order chi connectivity index (χ1) is 11.6. The van der Waals surface area contributed by atoms with Gasteiger partial charge in [0.2, 0.25) is 5.90 Å². The van der Waals surface area contributed by atoms with Gasteiger partial charge in [0, 0.05) is 11.6 Å². The molecular weight excluding hydrogens is 296 g/mol. The molecule has 0 N–H and O–H groups in total. The Morgan fingerprint density at radius 2 is 1.92 bits per heavy atom. The first kappa shape index (κ1) is 14.2. The zero-order valence-electron chi connectivity index (χ0n) is 14.2. The van der Waals surface area contributed by atoms with Crippen LogP contribution in [0.25, 0.3) is 0 Å². The number of pyridine rings is 1. The number of nitrogens with zero attached hydrogens (tertiary/aromatic N) is 2. The van der Waals surface area contributed by atoms with Gasteiger partial charge in [0.05, 0.1) is 0 Å². The molecular formula is C21H22N2O. The van der Waals surface area contributed by atoms with Crippen LogP contribution in [0.15, 0.2) is 47.5 Å². The molecule has 3 nitrogen and oxygen atoms in total. The standard InChI is InChI=1S/C21H22N2O/c1-21(2)15-10-14-8-9-17(22-19(14)16(21)11-15)20-23-18(12-24-20)13-6-4-3-5-7-13/h3-9,15-16,18H,10-12H2,1-2H3/t15-,16-,18+/m0/s1. The van der Waals surface area contributed by atoms with Crippen LogP contribution in [-0.2, 0) is 11.2 Å². The highest BCUT2D eigenvalue weighted by molar-refractivity contribution is 5.93. The number of benzene rings is 1. The van der Waals surface area contributed by atoms with Crippen LogP contribution in [0.5, 0.6) is 0 Å². The number of aliphatic imine (C=N–C) groups is 1. The Hall–Kier alpha value is -2.16. The topological polar surface area (TPSA) is 34.5 Å². The molecule has 3 heteroatoms. The van der Waals surface area contributed by atoms with Crippen LogP contribution >= 0.6 is 0 Å². The quantitative estimate of drug-likeness (QED) is 0.828. The third-order valence-corrected chi connectivity index (χ3v) is 6.33. The van der Waals surface area contributed by atoms with E-state index in [9.17, 15) is 0 Å². The molecule has 1 fully saturated rings. The molecule has 3 aliphatic carbocycles. The summed E-state index contributed by atoms with van der Waals surface area (Å²) in [4.78, 5) is 9.77. The average Bonchev–Trinajstić information content (AvgIpc) is 3.11. The van der Waals surface area contributed by atoms with Crippen molar-refractivity contribution in [3.63, 3.8) is 0 Å². The molecule has 122 valence electrons. The summed E-state index contributed by atoms with van der Waals surface area (Å²) in [5, 5.41) is 0. The lowest BCUT2D eigenvalue weighted by Gasteiger charge is -2.56. The van der Waals surface area contributed by atoms with E-state index in [1.54, 1.807) is 0 Å². The second kappa shape index (κ2) is 4.92. The molecule has 0 unspecified atom stereocenters. The van der Waals surface area contributed by atoms with Crippen molar-refractivity contribution in [3.05, 3.63) is 65.0 Å². The van der Waals surface area contributed by atoms with Gasteiger partial charge in [-0.15, -0.1) is 0 Å². The van der Waals surface area contributed by atoms with Crippen molar-refractivity contribution in [2.45, 2.75) is 38.6 Å². The van der Waals surface area contributed by atoms with Crippen LogP contribution in [0.2, 0.25) is 0 Å². The van der Waals surface area contributed by atoms with Crippen molar-refractivity contribution in [2.75, 3.05) is 6.61 Å². The smallest absolute Gasteiger partial charge is 0.236 e. The van der Waals surface area contributed by atoms with Gasteiger partial charge in [0.15, 0.2) is 0 Å². The molecule has 1 aliphatic heterocycles. The third kappa shape index (κ3) is 1.97. The van der Waals surface area contributed by atoms with Gasteiger partial charge in [0.1, 0.15) is 18.3 Å². The van der Waals surface area contributed by atoms with Crippen LogP contribution < -0.4 is 0 Å². The van der Waals surface area contributed by atoms with Gasteiger partial charge in [-0.25, -0.2) is 9.98 Å². The van der Waals surface area contributed by atoms with Crippen molar-refractivity contribution in [2.24, 2.45) is 16.3 Å². The Morgan fingerprint density at radius 3 is 2.71 bits per heavy atom. The lowest BCUT2D eigenvalue weighted by Crippen LogP contribution is -2.48. The summed E-state index contributed by atoms with van der Waals surface area (Å²) in [5.41, 5.74) is 5.21. The minimum Gasteiger partial charge on any atom is -0.474 e. The van der Waals surface area contributed by atoms with Crippen molar-refractivity contribution in [1.29, 1.82) is 0 Å². The molecule has 4 aliphatic rings. The Balaban J connectivity index is 1.48. The van der Waals surface area contributed by atoms with E-state index in [1.807, 2.05) is 6.07 Å². The molecule has 0 spiro atoms.